The van der Waals surface area contributed by atoms with Crippen LogP contribution in [0.3, 0.4) is 0 Å². The topological polar surface area (TPSA) is 52.6 Å². The molecule has 0 aromatic carbocycles. The van der Waals surface area contributed by atoms with Gasteiger partial charge in [0.05, 0.1) is 13.2 Å². The number of allylic oxidation sites excluding steroid dienone is 1. The van der Waals surface area contributed by atoms with E-state index in [2.05, 4.69) is 6.58 Å². The fraction of sp³-hybridized carbons (Fsp3) is 0.733. The quantitative estimate of drug-likeness (QED) is 0.579. The number of rotatable bonds is 4. The summed E-state index contributed by atoms with van der Waals surface area (Å²) in [5, 5.41) is 0. The van der Waals surface area contributed by atoms with Gasteiger partial charge in [-0.2, -0.15) is 0 Å². The van der Waals surface area contributed by atoms with Crippen LogP contribution in [0.4, 0.5) is 0 Å². The Kier molecular flexibility index (Phi) is 3.97. The predicted octanol–water partition coefficient (Wildman–Crippen LogP) is 2.48. The van der Waals surface area contributed by atoms with Crippen LogP contribution in [0, 0.1) is 17.3 Å². The molecule has 106 valence electrons. The highest BCUT2D eigenvalue weighted by molar-refractivity contribution is 5.66. The molecule has 0 aliphatic heterocycles. The number of carbonyl (C=O) groups excluding carboxylic acids is 2. The molecular formula is C15H22O4. The lowest BCUT2D eigenvalue weighted by Gasteiger charge is -2.52. The second-order valence-corrected chi connectivity index (χ2v) is 5.95. The number of hydrogen-bond donors (Lipinski definition) is 0. The van der Waals surface area contributed by atoms with Gasteiger partial charge in [0.1, 0.15) is 0 Å². The Hall–Kier alpha value is -1.32. The van der Waals surface area contributed by atoms with Gasteiger partial charge in [-0.1, -0.05) is 12.2 Å². The van der Waals surface area contributed by atoms with Gasteiger partial charge in [0.25, 0.3) is 0 Å². The van der Waals surface area contributed by atoms with E-state index >= 15 is 0 Å². The van der Waals surface area contributed by atoms with Gasteiger partial charge in [-0.05, 0) is 31.6 Å². The van der Waals surface area contributed by atoms with Crippen molar-refractivity contribution >= 4 is 11.9 Å². The van der Waals surface area contributed by atoms with Crippen LogP contribution in [0.25, 0.3) is 0 Å². The molecule has 19 heavy (non-hydrogen) atoms. The highest BCUT2D eigenvalue weighted by atomic mass is 16.5. The van der Waals surface area contributed by atoms with Gasteiger partial charge in [0, 0.05) is 25.2 Å². The Bertz CT molecular complexity index is 401. The van der Waals surface area contributed by atoms with Crippen molar-refractivity contribution in [2.45, 2.75) is 39.5 Å². The third kappa shape index (κ3) is 2.99. The first-order valence-electron chi connectivity index (χ1n) is 6.87. The maximum Gasteiger partial charge on any atom is 0.302 e. The third-order valence-electron chi connectivity index (χ3n) is 4.63. The summed E-state index contributed by atoms with van der Waals surface area (Å²) in [7, 11) is 0. The Labute approximate surface area is 114 Å². The van der Waals surface area contributed by atoms with Crippen molar-refractivity contribution in [3.63, 3.8) is 0 Å². The molecule has 0 N–H and O–H groups in total. The van der Waals surface area contributed by atoms with Crippen molar-refractivity contribution in [2.75, 3.05) is 13.2 Å². The first-order chi connectivity index (χ1) is 8.93. The monoisotopic (exact) mass is 266 g/mol. The SMILES string of the molecule is C=C1CC2(COC(C)=O)CCC1CC2COC(C)=O. The average Bonchev–Trinajstić information content (AvgIpc) is 2.35. The molecule has 4 nitrogen and oxygen atoms in total. The van der Waals surface area contributed by atoms with Crippen molar-refractivity contribution in [1.82, 2.24) is 0 Å². The second kappa shape index (κ2) is 5.35. The van der Waals surface area contributed by atoms with Gasteiger partial charge in [-0.25, -0.2) is 0 Å². The van der Waals surface area contributed by atoms with Crippen LogP contribution in [-0.2, 0) is 19.1 Å². The normalized spacial score (nSPS) is 33.1. The van der Waals surface area contributed by atoms with E-state index in [1.54, 1.807) is 0 Å². The molecule has 0 amide bonds. The lowest BCUT2D eigenvalue weighted by molar-refractivity contribution is -0.156. The Morgan fingerprint density at radius 2 is 2.00 bits per heavy atom. The van der Waals surface area contributed by atoms with Gasteiger partial charge in [-0.15, -0.1) is 0 Å². The van der Waals surface area contributed by atoms with Crippen molar-refractivity contribution in [3.05, 3.63) is 12.2 Å². The molecule has 3 atom stereocenters. The van der Waals surface area contributed by atoms with Gasteiger partial charge in [-0.3, -0.25) is 9.59 Å². The second-order valence-electron chi connectivity index (χ2n) is 5.95. The van der Waals surface area contributed by atoms with Crippen LogP contribution in [0.2, 0.25) is 0 Å². The van der Waals surface area contributed by atoms with E-state index in [1.165, 1.54) is 19.4 Å². The van der Waals surface area contributed by atoms with E-state index in [9.17, 15) is 9.59 Å². The van der Waals surface area contributed by atoms with E-state index in [4.69, 9.17) is 9.47 Å². The van der Waals surface area contributed by atoms with Crippen molar-refractivity contribution in [2.24, 2.45) is 17.3 Å². The standard InChI is InChI=1S/C15H22O4/c1-10-7-15(9-19-12(3)17)5-4-13(10)6-14(15)8-18-11(2)16/h13-14H,1,4-9H2,2-3H3. The molecule has 3 fully saturated rings. The Morgan fingerprint density at radius 3 is 2.58 bits per heavy atom. The summed E-state index contributed by atoms with van der Waals surface area (Å²) in [6.07, 6.45) is 4.01. The minimum Gasteiger partial charge on any atom is -0.466 e. The number of ether oxygens (including phenoxy) is 2. The van der Waals surface area contributed by atoms with Crippen LogP contribution in [0.15, 0.2) is 12.2 Å². The average molecular weight is 266 g/mol. The van der Waals surface area contributed by atoms with Crippen LogP contribution < -0.4 is 0 Å². The fourth-order valence-electron chi connectivity index (χ4n) is 3.53. The molecule has 0 spiro atoms. The zero-order chi connectivity index (χ0) is 14.0. The Morgan fingerprint density at radius 1 is 1.32 bits per heavy atom. The van der Waals surface area contributed by atoms with E-state index in [-0.39, 0.29) is 23.3 Å². The summed E-state index contributed by atoms with van der Waals surface area (Å²) in [5.74, 6) is 0.321. The van der Waals surface area contributed by atoms with Gasteiger partial charge < -0.3 is 9.47 Å². The lowest BCUT2D eigenvalue weighted by Crippen LogP contribution is -2.48. The molecule has 0 heterocycles. The van der Waals surface area contributed by atoms with Crippen molar-refractivity contribution in [3.8, 4) is 0 Å². The molecule has 3 aliphatic carbocycles. The van der Waals surface area contributed by atoms with Crippen molar-refractivity contribution < 1.29 is 19.1 Å². The number of fused-ring (bicyclic) bond motifs is 3. The summed E-state index contributed by atoms with van der Waals surface area (Å²) in [6, 6.07) is 0. The minimum absolute atomic E-state index is 0.0764. The molecule has 0 aromatic heterocycles. The van der Waals surface area contributed by atoms with Crippen molar-refractivity contribution in [1.29, 1.82) is 0 Å². The van der Waals surface area contributed by atoms with Crippen LogP contribution in [0.1, 0.15) is 39.5 Å². The van der Waals surface area contributed by atoms with E-state index < -0.39 is 0 Å². The summed E-state index contributed by atoms with van der Waals surface area (Å²) in [4.78, 5) is 22.1. The molecule has 3 aliphatic rings. The molecule has 0 aromatic rings. The molecule has 3 unspecified atom stereocenters. The summed E-state index contributed by atoms with van der Waals surface area (Å²) >= 11 is 0. The molecule has 3 saturated carbocycles. The minimum atomic E-state index is -0.251. The molecular weight excluding hydrogens is 244 g/mol. The van der Waals surface area contributed by atoms with E-state index in [1.807, 2.05) is 0 Å². The molecule has 2 bridgehead atoms. The molecule has 3 rings (SSSR count). The number of esters is 2. The smallest absolute Gasteiger partial charge is 0.302 e. The zero-order valence-electron chi connectivity index (χ0n) is 11.7. The predicted molar refractivity (Wildman–Crippen MR) is 70.3 cm³/mol. The van der Waals surface area contributed by atoms with Gasteiger partial charge >= 0.3 is 11.9 Å². The summed E-state index contributed by atoms with van der Waals surface area (Å²) in [6.45, 7) is 7.86. The third-order valence-corrected chi connectivity index (χ3v) is 4.63. The highest BCUT2D eigenvalue weighted by Crippen LogP contribution is 2.55. The van der Waals surface area contributed by atoms with Gasteiger partial charge in [0.2, 0.25) is 0 Å². The largest absolute Gasteiger partial charge is 0.466 e. The summed E-state index contributed by atoms with van der Waals surface area (Å²) in [5.41, 5.74) is 1.19. The van der Waals surface area contributed by atoms with E-state index in [0.29, 0.717) is 19.1 Å². The van der Waals surface area contributed by atoms with Crippen LogP contribution >= 0.6 is 0 Å². The van der Waals surface area contributed by atoms with Crippen LogP contribution in [-0.4, -0.2) is 25.2 Å². The highest BCUT2D eigenvalue weighted by Gasteiger charge is 2.50. The van der Waals surface area contributed by atoms with Crippen LogP contribution in [0.5, 0.6) is 0 Å². The first kappa shape index (κ1) is 14.1. The maximum absolute atomic E-state index is 11.1. The van der Waals surface area contributed by atoms with E-state index in [0.717, 1.165) is 25.7 Å². The summed E-state index contributed by atoms with van der Waals surface area (Å²) < 4.78 is 10.5. The lowest BCUT2D eigenvalue weighted by atomic mass is 9.54. The maximum atomic E-state index is 11.1. The fourth-order valence-corrected chi connectivity index (χ4v) is 3.53. The molecule has 4 heteroatoms. The Balaban J connectivity index is 2.09. The number of hydrogen-bond acceptors (Lipinski definition) is 4. The molecule has 0 radical (unpaired) electrons. The molecule has 0 saturated heterocycles. The first-order valence-corrected chi connectivity index (χ1v) is 6.87. The number of carbonyl (C=O) groups is 2. The zero-order valence-corrected chi connectivity index (χ0v) is 11.7. The van der Waals surface area contributed by atoms with Gasteiger partial charge in [0.15, 0.2) is 0 Å².